The van der Waals surface area contributed by atoms with Crippen molar-refractivity contribution in [2.45, 2.75) is 44.7 Å². The summed E-state index contributed by atoms with van der Waals surface area (Å²) in [5.41, 5.74) is 6.89. The maximum atomic E-state index is 5.90. The van der Waals surface area contributed by atoms with Gasteiger partial charge in [0.15, 0.2) is 5.96 Å². The molecule has 0 aliphatic heterocycles. The van der Waals surface area contributed by atoms with Crippen LogP contribution >= 0.6 is 0 Å². The Morgan fingerprint density at radius 2 is 2.24 bits per heavy atom. The standard InChI is InChI=1S/C13H20N4/c1-10(12-8-4-5-9-15-12)16-13(14)17-11-6-2-3-7-11/h4-5,8-11H,2-3,6-7H2,1H3,(H3,14,16,17). The van der Waals surface area contributed by atoms with Crippen LogP contribution in [0, 0.1) is 0 Å². The molecule has 1 aromatic heterocycles. The highest BCUT2D eigenvalue weighted by Crippen LogP contribution is 2.20. The number of aliphatic imine (C=N–C) groups is 1. The lowest BCUT2D eigenvalue weighted by molar-refractivity contribution is 0.658. The summed E-state index contributed by atoms with van der Waals surface area (Å²) in [6.45, 7) is 2.04. The number of hydrogen-bond donors (Lipinski definition) is 2. The molecule has 4 nitrogen and oxygen atoms in total. The van der Waals surface area contributed by atoms with Gasteiger partial charge >= 0.3 is 0 Å². The summed E-state index contributed by atoms with van der Waals surface area (Å²) in [7, 11) is 0. The molecule has 1 aliphatic carbocycles. The van der Waals surface area contributed by atoms with Gasteiger partial charge in [0.1, 0.15) is 0 Å². The number of nitrogens with two attached hydrogens (primary N) is 1. The van der Waals surface area contributed by atoms with Crippen molar-refractivity contribution in [3.63, 3.8) is 0 Å². The first kappa shape index (κ1) is 11.9. The number of aromatic nitrogens is 1. The van der Waals surface area contributed by atoms with Crippen LogP contribution in [0.4, 0.5) is 0 Å². The van der Waals surface area contributed by atoms with E-state index >= 15 is 0 Å². The third-order valence-corrected chi connectivity index (χ3v) is 3.14. The van der Waals surface area contributed by atoms with E-state index in [-0.39, 0.29) is 6.04 Å². The van der Waals surface area contributed by atoms with Gasteiger partial charge in [-0.25, -0.2) is 0 Å². The fourth-order valence-corrected chi connectivity index (χ4v) is 2.20. The Labute approximate surface area is 102 Å². The Morgan fingerprint density at radius 3 is 2.88 bits per heavy atom. The summed E-state index contributed by atoms with van der Waals surface area (Å²) in [4.78, 5) is 8.79. The zero-order valence-electron chi connectivity index (χ0n) is 10.3. The molecule has 1 atom stereocenters. The zero-order valence-corrected chi connectivity index (χ0v) is 10.3. The van der Waals surface area contributed by atoms with Crippen LogP contribution in [0.1, 0.15) is 44.3 Å². The molecule has 4 heteroatoms. The topological polar surface area (TPSA) is 63.3 Å². The molecule has 1 saturated carbocycles. The molecule has 0 bridgehead atoms. The zero-order chi connectivity index (χ0) is 12.1. The highest BCUT2D eigenvalue weighted by atomic mass is 15.1. The Balaban J connectivity index is 1.91. The van der Waals surface area contributed by atoms with Crippen LogP contribution in [-0.2, 0) is 0 Å². The van der Waals surface area contributed by atoms with E-state index in [0.29, 0.717) is 12.0 Å². The molecule has 17 heavy (non-hydrogen) atoms. The van der Waals surface area contributed by atoms with Crippen LogP contribution in [-0.4, -0.2) is 17.0 Å². The van der Waals surface area contributed by atoms with Gasteiger partial charge in [0.05, 0.1) is 17.8 Å². The molecule has 0 saturated heterocycles. The van der Waals surface area contributed by atoms with Crippen LogP contribution in [0.2, 0.25) is 0 Å². The first-order valence-corrected chi connectivity index (χ1v) is 6.26. The van der Waals surface area contributed by atoms with Crippen LogP contribution in [0.25, 0.3) is 0 Å². The maximum Gasteiger partial charge on any atom is 0.189 e. The van der Waals surface area contributed by atoms with E-state index < -0.39 is 0 Å². The molecule has 1 heterocycles. The highest BCUT2D eigenvalue weighted by molar-refractivity contribution is 5.78. The lowest BCUT2D eigenvalue weighted by atomic mass is 10.2. The van der Waals surface area contributed by atoms with E-state index in [1.807, 2.05) is 25.1 Å². The summed E-state index contributed by atoms with van der Waals surface area (Å²) < 4.78 is 0. The lowest BCUT2D eigenvalue weighted by Gasteiger charge is -2.14. The van der Waals surface area contributed by atoms with Gasteiger partial charge in [0, 0.05) is 6.20 Å². The number of guanidine groups is 1. The second-order valence-electron chi connectivity index (χ2n) is 4.57. The number of hydrogen-bond acceptors (Lipinski definition) is 2. The molecule has 1 aromatic rings. The summed E-state index contributed by atoms with van der Waals surface area (Å²) in [6.07, 6.45) is 6.67. The van der Waals surface area contributed by atoms with Crippen molar-refractivity contribution in [3.05, 3.63) is 30.1 Å². The maximum absolute atomic E-state index is 5.90. The number of rotatable bonds is 3. The summed E-state index contributed by atoms with van der Waals surface area (Å²) in [6, 6.07) is 6.39. The van der Waals surface area contributed by atoms with E-state index in [1.165, 1.54) is 25.7 Å². The van der Waals surface area contributed by atoms with E-state index in [9.17, 15) is 0 Å². The van der Waals surface area contributed by atoms with E-state index in [1.54, 1.807) is 6.20 Å². The summed E-state index contributed by atoms with van der Waals surface area (Å²) in [5, 5.41) is 3.19. The molecule has 1 fully saturated rings. The van der Waals surface area contributed by atoms with Crippen molar-refractivity contribution < 1.29 is 0 Å². The molecule has 0 radical (unpaired) electrons. The second kappa shape index (κ2) is 5.66. The molecule has 1 aliphatic rings. The molecular formula is C13H20N4. The summed E-state index contributed by atoms with van der Waals surface area (Å²) in [5.74, 6) is 0.537. The monoisotopic (exact) mass is 232 g/mol. The average molecular weight is 232 g/mol. The average Bonchev–Trinajstić information content (AvgIpc) is 2.82. The molecule has 2 rings (SSSR count). The molecule has 92 valence electrons. The van der Waals surface area contributed by atoms with Gasteiger partial charge in [-0.15, -0.1) is 0 Å². The van der Waals surface area contributed by atoms with Crippen LogP contribution < -0.4 is 11.1 Å². The second-order valence-corrected chi connectivity index (χ2v) is 4.57. The smallest absolute Gasteiger partial charge is 0.189 e. The van der Waals surface area contributed by atoms with Gasteiger partial charge in [0.2, 0.25) is 0 Å². The van der Waals surface area contributed by atoms with Gasteiger partial charge in [-0.1, -0.05) is 18.9 Å². The minimum atomic E-state index is 0.0985. The fraction of sp³-hybridized carbons (Fsp3) is 0.538. The highest BCUT2D eigenvalue weighted by Gasteiger charge is 2.14. The number of nitrogens with one attached hydrogen (secondary N) is 1. The van der Waals surface area contributed by atoms with Crippen molar-refractivity contribution in [2.75, 3.05) is 0 Å². The molecular weight excluding hydrogens is 212 g/mol. The molecule has 0 aromatic carbocycles. The van der Waals surface area contributed by atoms with Crippen molar-refractivity contribution in [1.29, 1.82) is 0 Å². The van der Waals surface area contributed by atoms with Crippen molar-refractivity contribution >= 4 is 5.96 Å². The van der Waals surface area contributed by atoms with Gasteiger partial charge < -0.3 is 11.1 Å². The minimum Gasteiger partial charge on any atom is -0.370 e. The number of pyridine rings is 1. The largest absolute Gasteiger partial charge is 0.370 e. The normalized spacial score (nSPS) is 19.2. The van der Waals surface area contributed by atoms with Crippen molar-refractivity contribution in [2.24, 2.45) is 10.7 Å². The van der Waals surface area contributed by atoms with Gasteiger partial charge in [-0.05, 0) is 31.9 Å². The lowest BCUT2D eigenvalue weighted by Crippen LogP contribution is -2.35. The fourth-order valence-electron chi connectivity index (χ4n) is 2.20. The van der Waals surface area contributed by atoms with E-state index in [4.69, 9.17) is 5.73 Å². The third kappa shape index (κ3) is 3.44. The Bertz CT molecular complexity index is 368. The summed E-state index contributed by atoms with van der Waals surface area (Å²) >= 11 is 0. The van der Waals surface area contributed by atoms with Gasteiger partial charge in [0.25, 0.3) is 0 Å². The Kier molecular flexibility index (Phi) is 3.96. The predicted molar refractivity (Wildman–Crippen MR) is 69.7 cm³/mol. The Hall–Kier alpha value is -1.58. The quantitative estimate of drug-likeness (QED) is 0.619. The van der Waals surface area contributed by atoms with Gasteiger partial charge in [-0.3, -0.25) is 9.98 Å². The first-order valence-electron chi connectivity index (χ1n) is 6.26. The van der Waals surface area contributed by atoms with E-state index in [0.717, 1.165) is 5.69 Å². The minimum absolute atomic E-state index is 0.0985. The molecule has 1 unspecified atom stereocenters. The van der Waals surface area contributed by atoms with Crippen molar-refractivity contribution in [3.8, 4) is 0 Å². The predicted octanol–water partition coefficient (Wildman–Crippen LogP) is 1.99. The van der Waals surface area contributed by atoms with Crippen LogP contribution in [0.3, 0.4) is 0 Å². The first-order chi connectivity index (χ1) is 8.25. The van der Waals surface area contributed by atoms with Crippen LogP contribution in [0.15, 0.2) is 29.4 Å². The molecule has 0 spiro atoms. The third-order valence-electron chi connectivity index (χ3n) is 3.14. The SMILES string of the molecule is CC(NC(N)=NC1CCCC1)c1ccccn1. The van der Waals surface area contributed by atoms with Crippen LogP contribution in [0.5, 0.6) is 0 Å². The van der Waals surface area contributed by atoms with Gasteiger partial charge in [-0.2, -0.15) is 0 Å². The molecule has 3 N–H and O–H groups in total. The molecule has 0 amide bonds. The van der Waals surface area contributed by atoms with E-state index in [2.05, 4.69) is 15.3 Å². The Morgan fingerprint density at radius 1 is 1.47 bits per heavy atom. The number of nitrogens with zero attached hydrogens (tertiary/aromatic N) is 2. The van der Waals surface area contributed by atoms with Crippen molar-refractivity contribution in [1.82, 2.24) is 10.3 Å².